The third-order valence-corrected chi connectivity index (χ3v) is 3.64. The number of carbonyl (C=O) groups is 1. The molecule has 3 aromatic rings. The molecule has 2 aromatic carbocycles. The van der Waals surface area contributed by atoms with Crippen molar-refractivity contribution in [2.45, 2.75) is 6.92 Å². The average Bonchev–Trinajstić information content (AvgIpc) is 2.64. The number of rotatable bonds is 4. The van der Waals surface area contributed by atoms with E-state index < -0.39 is 0 Å². The lowest BCUT2D eigenvalue weighted by atomic mass is 10.0. The van der Waals surface area contributed by atoms with E-state index in [1.54, 1.807) is 11.1 Å². The molecule has 1 heterocycles. The highest BCUT2D eigenvalue weighted by Crippen LogP contribution is 2.24. The van der Waals surface area contributed by atoms with Gasteiger partial charge in [0.25, 0.3) is 5.91 Å². The summed E-state index contributed by atoms with van der Waals surface area (Å²) in [5.74, 6) is -0.0343. The summed E-state index contributed by atoms with van der Waals surface area (Å²) in [5, 5.41) is 0. The Morgan fingerprint density at radius 2 is 1.74 bits per heavy atom. The fourth-order valence-electron chi connectivity index (χ4n) is 2.54. The van der Waals surface area contributed by atoms with Crippen LogP contribution in [0.3, 0.4) is 0 Å². The minimum absolute atomic E-state index is 0.0343. The van der Waals surface area contributed by atoms with Crippen molar-refractivity contribution in [3.63, 3.8) is 0 Å². The Morgan fingerprint density at radius 3 is 2.43 bits per heavy atom. The molecule has 1 amide bonds. The van der Waals surface area contributed by atoms with Crippen molar-refractivity contribution in [1.29, 1.82) is 0 Å². The fourth-order valence-corrected chi connectivity index (χ4v) is 2.54. The largest absolute Gasteiger partial charge is 0.309 e. The summed E-state index contributed by atoms with van der Waals surface area (Å²) >= 11 is 0. The first-order valence-electron chi connectivity index (χ1n) is 7.53. The van der Waals surface area contributed by atoms with Gasteiger partial charge in [0.05, 0.1) is 5.69 Å². The Kier molecular flexibility index (Phi) is 4.43. The van der Waals surface area contributed by atoms with E-state index in [0.29, 0.717) is 12.1 Å². The standard InChI is InChI=1S/C19H17N3O/c1-2-22(15-8-4-3-5-9-15)19(23)17-11-7-6-10-16(17)18-12-13-20-14-21-18/h3-14H,2H2,1H3. The SMILES string of the molecule is CCN(C(=O)c1ccccc1-c1ccncn1)c1ccccc1. The molecule has 4 nitrogen and oxygen atoms in total. The predicted octanol–water partition coefficient (Wildman–Crippen LogP) is 3.81. The van der Waals surface area contributed by atoms with Crippen LogP contribution in [0.15, 0.2) is 73.2 Å². The van der Waals surface area contributed by atoms with Gasteiger partial charge in [0.15, 0.2) is 0 Å². The lowest BCUT2D eigenvalue weighted by Gasteiger charge is -2.22. The second-order valence-corrected chi connectivity index (χ2v) is 5.03. The van der Waals surface area contributed by atoms with Crippen LogP contribution in [0.5, 0.6) is 0 Å². The summed E-state index contributed by atoms with van der Waals surface area (Å²) in [6, 6.07) is 19.0. The Bertz CT molecular complexity index is 788. The number of nitrogens with zero attached hydrogens (tertiary/aromatic N) is 3. The Hall–Kier alpha value is -3.01. The fraction of sp³-hybridized carbons (Fsp3) is 0.105. The van der Waals surface area contributed by atoms with Gasteiger partial charge >= 0.3 is 0 Å². The van der Waals surface area contributed by atoms with Crippen LogP contribution in [0.4, 0.5) is 5.69 Å². The van der Waals surface area contributed by atoms with Gasteiger partial charge in [-0.3, -0.25) is 4.79 Å². The molecule has 0 aliphatic rings. The van der Waals surface area contributed by atoms with Gasteiger partial charge in [-0.05, 0) is 31.2 Å². The Morgan fingerprint density at radius 1 is 1.00 bits per heavy atom. The summed E-state index contributed by atoms with van der Waals surface area (Å²) in [6.45, 7) is 2.57. The molecule has 0 saturated carbocycles. The topological polar surface area (TPSA) is 46.1 Å². The van der Waals surface area contributed by atoms with E-state index >= 15 is 0 Å². The molecule has 0 radical (unpaired) electrons. The summed E-state index contributed by atoms with van der Waals surface area (Å²) in [7, 11) is 0. The molecule has 0 bridgehead atoms. The summed E-state index contributed by atoms with van der Waals surface area (Å²) < 4.78 is 0. The maximum absolute atomic E-state index is 13.1. The highest BCUT2D eigenvalue weighted by molar-refractivity contribution is 6.09. The van der Waals surface area contributed by atoms with Gasteiger partial charge in [0, 0.05) is 29.6 Å². The van der Waals surface area contributed by atoms with Crippen LogP contribution in [-0.4, -0.2) is 22.4 Å². The molecule has 114 valence electrons. The van der Waals surface area contributed by atoms with Gasteiger partial charge in [-0.15, -0.1) is 0 Å². The molecule has 0 N–H and O–H groups in total. The lowest BCUT2D eigenvalue weighted by Crippen LogP contribution is -2.31. The molecule has 23 heavy (non-hydrogen) atoms. The molecule has 0 aliphatic heterocycles. The molecule has 0 atom stereocenters. The number of aromatic nitrogens is 2. The predicted molar refractivity (Wildman–Crippen MR) is 91.3 cm³/mol. The van der Waals surface area contributed by atoms with Crippen molar-refractivity contribution < 1.29 is 4.79 Å². The van der Waals surface area contributed by atoms with Gasteiger partial charge < -0.3 is 4.90 Å². The van der Waals surface area contributed by atoms with Gasteiger partial charge in [-0.25, -0.2) is 9.97 Å². The summed E-state index contributed by atoms with van der Waals surface area (Å²) in [4.78, 5) is 23.0. The monoisotopic (exact) mass is 303 g/mol. The lowest BCUT2D eigenvalue weighted by molar-refractivity contribution is 0.0989. The van der Waals surface area contributed by atoms with E-state index in [2.05, 4.69) is 9.97 Å². The first kappa shape index (κ1) is 14.9. The Labute approximate surface area is 135 Å². The number of para-hydroxylation sites is 1. The molecule has 3 rings (SSSR count). The number of carbonyl (C=O) groups excluding carboxylic acids is 1. The minimum atomic E-state index is -0.0343. The quantitative estimate of drug-likeness (QED) is 0.736. The minimum Gasteiger partial charge on any atom is -0.309 e. The van der Waals surface area contributed by atoms with E-state index in [9.17, 15) is 4.79 Å². The zero-order valence-electron chi connectivity index (χ0n) is 12.9. The van der Waals surface area contributed by atoms with Crippen molar-refractivity contribution in [2.75, 3.05) is 11.4 Å². The first-order valence-corrected chi connectivity index (χ1v) is 7.53. The maximum Gasteiger partial charge on any atom is 0.258 e. The average molecular weight is 303 g/mol. The van der Waals surface area contributed by atoms with Crippen LogP contribution in [0.2, 0.25) is 0 Å². The Balaban J connectivity index is 2.03. The third-order valence-electron chi connectivity index (χ3n) is 3.64. The third kappa shape index (κ3) is 3.11. The number of benzene rings is 2. The summed E-state index contributed by atoms with van der Waals surface area (Å²) in [6.07, 6.45) is 3.17. The number of anilines is 1. The van der Waals surface area contributed by atoms with Crippen molar-refractivity contribution >= 4 is 11.6 Å². The molecule has 0 unspecified atom stereocenters. The molecule has 0 fully saturated rings. The number of hydrogen-bond donors (Lipinski definition) is 0. The molecular formula is C19H17N3O. The van der Waals surface area contributed by atoms with E-state index in [0.717, 1.165) is 16.9 Å². The van der Waals surface area contributed by atoms with Crippen molar-refractivity contribution in [3.05, 3.63) is 78.8 Å². The molecule has 0 aliphatic carbocycles. The van der Waals surface area contributed by atoms with Crippen LogP contribution in [0, 0.1) is 0 Å². The number of amides is 1. The smallest absolute Gasteiger partial charge is 0.258 e. The maximum atomic E-state index is 13.1. The van der Waals surface area contributed by atoms with Crippen LogP contribution in [0.25, 0.3) is 11.3 Å². The van der Waals surface area contributed by atoms with E-state index in [4.69, 9.17) is 0 Å². The van der Waals surface area contributed by atoms with Crippen molar-refractivity contribution in [3.8, 4) is 11.3 Å². The van der Waals surface area contributed by atoms with Crippen molar-refractivity contribution in [1.82, 2.24) is 9.97 Å². The van der Waals surface area contributed by atoms with E-state index in [1.807, 2.05) is 67.6 Å². The van der Waals surface area contributed by atoms with Crippen LogP contribution >= 0.6 is 0 Å². The highest BCUT2D eigenvalue weighted by atomic mass is 16.2. The van der Waals surface area contributed by atoms with Crippen LogP contribution < -0.4 is 4.90 Å². The van der Waals surface area contributed by atoms with Gasteiger partial charge in [-0.2, -0.15) is 0 Å². The zero-order chi connectivity index (χ0) is 16.1. The second kappa shape index (κ2) is 6.83. The van der Waals surface area contributed by atoms with Crippen LogP contribution in [-0.2, 0) is 0 Å². The first-order chi connectivity index (χ1) is 11.3. The van der Waals surface area contributed by atoms with Gasteiger partial charge in [-0.1, -0.05) is 36.4 Å². The molecular weight excluding hydrogens is 286 g/mol. The molecule has 1 aromatic heterocycles. The molecule has 0 saturated heterocycles. The highest BCUT2D eigenvalue weighted by Gasteiger charge is 2.19. The van der Waals surface area contributed by atoms with E-state index in [1.165, 1.54) is 6.33 Å². The summed E-state index contributed by atoms with van der Waals surface area (Å²) in [5.41, 5.74) is 3.08. The van der Waals surface area contributed by atoms with E-state index in [-0.39, 0.29) is 5.91 Å². The normalized spacial score (nSPS) is 10.3. The molecule has 4 heteroatoms. The zero-order valence-corrected chi connectivity index (χ0v) is 12.9. The van der Waals surface area contributed by atoms with Crippen molar-refractivity contribution in [2.24, 2.45) is 0 Å². The second-order valence-electron chi connectivity index (χ2n) is 5.03. The van der Waals surface area contributed by atoms with Gasteiger partial charge in [0.1, 0.15) is 6.33 Å². The number of hydrogen-bond acceptors (Lipinski definition) is 3. The van der Waals surface area contributed by atoms with Gasteiger partial charge in [0.2, 0.25) is 0 Å². The molecule has 0 spiro atoms. The van der Waals surface area contributed by atoms with Crippen LogP contribution in [0.1, 0.15) is 17.3 Å².